The van der Waals surface area contributed by atoms with Gasteiger partial charge in [0.1, 0.15) is 11.5 Å². The second-order valence-electron chi connectivity index (χ2n) is 5.37. The van der Waals surface area contributed by atoms with Gasteiger partial charge in [-0.25, -0.2) is 9.40 Å². The van der Waals surface area contributed by atoms with E-state index in [0.717, 1.165) is 35.0 Å². The van der Waals surface area contributed by atoms with Gasteiger partial charge in [-0.1, -0.05) is 30.0 Å². The Kier molecular flexibility index (Phi) is 5.33. The Bertz CT molecular complexity index is 1060. The van der Waals surface area contributed by atoms with Crippen LogP contribution in [0.15, 0.2) is 47.4 Å². The molecule has 1 N–H and O–H groups in total. The number of carbonyl (C=O) groups excluding carboxylic acids is 1. The van der Waals surface area contributed by atoms with Crippen LogP contribution < -0.4 is 5.43 Å². The normalized spacial score (nSPS) is 15.2. The minimum Gasteiger partial charge on any atom is -0.283 e. The van der Waals surface area contributed by atoms with Crippen LogP contribution in [0.25, 0.3) is 6.08 Å². The molecule has 28 heavy (non-hydrogen) atoms. The van der Waals surface area contributed by atoms with E-state index in [1.54, 1.807) is 6.07 Å². The lowest BCUT2D eigenvalue weighted by molar-refractivity contribution is -0.393. The van der Waals surface area contributed by atoms with Crippen molar-refractivity contribution in [1.29, 1.82) is 0 Å². The number of rotatable bonds is 5. The average molecular weight is 420 g/mol. The van der Waals surface area contributed by atoms with E-state index in [4.69, 9.17) is 12.2 Å². The number of hydrogen-bond acceptors (Lipinski definition) is 8. The predicted octanol–water partition coefficient (Wildman–Crippen LogP) is 3.87. The maximum absolute atomic E-state index is 13.8. The smallest absolute Gasteiger partial charge is 0.283 e. The summed E-state index contributed by atoms with van der Waals surface area (Å²) in [7, 11) is 0. The first-order valence-corrected chi connectivity index (χ1v) is 8.72. The molecule has 142 valence electrons. The summed E-state index contributed by atoms with van der Waals surface area (Å²) in [4.78, 5) is 33.1. The molecule has 1 heterocycles. The van der Waals surface area contributed by atoms with Crippen molar-refractivity contribution in [2.75, 3.05) is 5.43 Å². The van der Waals surface area contributed by atoms with Gasteiger partial charge in [-0.2, -0.15) is 0 Å². The van der Waals surface area contributed by atoms with Gasteiger partial charge >= 0.3 is 5.69 Å². The maximum Gasteiger partial charge on any atom is 0.300 e. The van der Waals surface area contributed by atoms with E-state index in [1.165, 1.54) is 24.3 Å². The number of nitrogens with zero attached hydrogens (tertiary/aromatic N) is 3. The first-order chi connectivity index (χ1) is 13.3. The molecule has 0 aliphatic carbocycles. The van der Waals surface area contributed by atoms with Crippen molar-refractivity contribution < 1.29 is 19.0 Å². The number of hydrogen-bond donors (Lipinski definition) is 1. The van der Waals surface area contributed by atoms with Crippen molar-refractivity contribution in [3.8, 4) is 0 Å². The lowest BCUT2D eigenvalue weighted by Crippen LogP contribution is -2.34. The van der Waals surface area contributed by atoms with E-state index in [1.807, 2.05) is 0 Å². The summed E-state index contributed by atoms with van der Waals surface area (Å²) in [6.07, 6.45) is 1.32. The number of anilines is 1. The standard InChI is InChI=1S/C16H9FN4O5S2/c17-11-4-2-1-3-9(11)7-14-15(22)19(16(27)28-14)18-12-6-5-10(20(23)24)8-13(12)21(25)26/h1-8,18H/b14-7+. The molecule has 2 aromatic carbocycles. The fourth-order valence-electron chi connectivity index (χ4n) is 2.30. The molecule has 2 aromatic rings. The molecule has 1 fully saturated rings. The van der Waals surface area contributed by atoms with Crippen molar-refractivity contribution in [3.63, 3.8) is 0 Å². The van der Waals surface area contributed by atoms with Gasteiger partial charge in [-0.3, -0.25) is 30.4 Å². The number of carbonyl (C=O) groups is 1. The minimum atomic E-state index is -0.817. The van der Waals surface area contributed by atoms with E-state index in [9.17, 15) is 29.4 Å². The van der Waals surface area contributed by atoms with Gasteiger partial charge in [0.25, 0.3) is 11.6 Å². The molecule has 1 amide bonds. The molecule has 1 aliphatic heterocycles. The Balaban J connectivity index is 1.90. The Morgan fingerprint density at radius 3 is 2.50 bits per heavy atom. The highest BCUT2D eigenvalue weighted by Gasteiger charge is 2.34. The van der Waals surface area contributed by atoms with Crippen LogP contribution in [0.3, 0.4) is 0 Å². The van der Waals surface area contributed by atoms with Crippen LogP contribution in [0.5, 0.6) is 0 Å². The van der Waals surface area contributed by atoms with E-state index in [2.05, 4.69) is 5.43 Å². The Hall–Kier alpha value is -3.38. The lowest BCUT2D eigenvalue weighted by atomic mass is 10.2. The summed E-state index contributed by atoms with van der Waals surface area (Å²) in [5.41, 5.74) is 1.47. The van der Waals surface area contributed by atoms with Gasteiger partial charge in [0, 0.05) is 11.6 Å². The van der Waals surface area contributed by atoms with Gasteiger partial charge in [0.15, 0.2) is 4.32 Å². The van der Waals surface area contributed by atoms with Gasteiger partial charge in [0.2, 0.25) is 0 Å². The number of nitro benzene ring substituents is 2. The molecule has 3 rings (SSSR count). The third-order valence-electron chi connectivity index (χ3n) is 3.61. The third-order valence-corrected chi connectivity index (χ3v) is 4.91. The molecule has 1 aliphatic rings. The molecule has 9 nitrogen and oxygen atoms in total. The van der Waals surface area contributed by atoms with E-state index in [0.29, 0.717) is 0 Å². The third kappa shape index (κ3) is 3.82. The topological polar surface area (TPSA) is 119 Å². The average Bonchev–Trinajstić information content (AvgIpc) is 2.91. The second-order valence-corrected chi connectivity index (χ2v) is 7.04. The number of non-ortho nitro benzene ring substituents is 1. The summed E-state index contributed by atoms with van der Waals surface area (Å²) < 4.78 is 13.8. The fraction of sp³-hybridized carbons (Fsp3) is 0. The zero-order chi connectivity index (χ0) is 20.4. The largest absolute Gasteiger partial charge is 0.300 e. The molecule has 0 unspecified atom stereocenters. The Labute approximate surface area is 166 Å². The lowest BCUT2D eigenvalue weighted by Gasteiger charge is -2.16. The van der Waals surface area contributed by atoms with Crippen molar-refractivity contribution in [3.05, 3.63) is 79.0 Å². The van der Waals surface area contributed by atoms with Crippen LogP contribution in [0.2, 0.25) is 0 Å². The summed E-state index contributed by atoms with van der Waals surface area (Å²) in [5, 5.41) is 22.9. The van der Waals surface area contributed by atoms with Crippen LogP contribution in [0.1, 0.15) is 5.56 Å². The van der Waals surface area contributed by atoms with Gasteiger partial charge in [-0.15, -0.1) is 0 Å². The van der Waals surface area contributed by atoms with Gasteiger partial charge < -0.3 is 0 Å². The van der Waals surface area contributed by atoms with Gasteiger partial charge in [-0.05, 0) is 30.4 Å². The summed E-state index contributed by atoms with van der Waals surface area (Å²) in [6.45, 7) is 0. The Morgan fingerprint density at radius 2 is 1.86 bits per heavy atom. The number of amides is 1. The summed E-state index contributed by atoms with van der Waals surface area (Å²) in [6, 6.07) is 8.77. The van der Waals surface area contributed by atoms with Crippen LogP contribution in [0.4, 0.5) is 21.5 Å². The molecule has 0 bridgehead atoms. The van der Waals surface area contributed by atoms with Crippen LogP contribution in [-0.4, -0.2) is 25.1 Å². The van der Waals surface area contributed by atoms with Crippen LogP contribution >= 0.6 is 24.0 Å². The zero-order valence-corrected chi connectivity index (χ0v) is 15.3. The monoisotopic (exact) mass is 420 g/mol. The second kappa shape index (κ2) is 7.70. The molecular weight excluding hydrogens is 411 g/mol. The summed E-state index contributed by atoms with van der Waals surface area (Å²) in [5.74, 6) is -1.15. The molecule has 0 aromatic heterocycles. The van der Waals surface area contributed by atoms with Crippen LogP contribution in [-0.2, 0) is 4.79 Å². The van der Waals surface area contributed by atoms with E-state index in [-0.39, 0.29) is 20.5 Å². The maximum atomic E-state index is 13.8. The molecule has 1 saturated heterocycles. The SMILES string of the molecule is O=C1/C(=C\c2ccccc2F)SC(=S)N1Nc1ccc([N+](=O)[O-])cc1[N+](=O)[O-]. The molecule has 0 atom stereocenters. The molecule has 0 spiro atoms. The van der Waals surface area contributed by atoms with Crippen molar-refractivity contribution in [2.45, 2.75) is 0 Å². The van der Waals surface area contributed by atoms with E-state index < -0.39 is 32.9 Å². The zero-order valence-electron chi connectivity index (χ0n) is 13.7. The number of nitrogens with one attached hydrogen (secondary N) is 1. The number of benzene rings is 2. The fourth-order valence-corrected chi connectivity index (χ4v) is 3.47. The Morgan fingerprint density at radius 1 is 1.14 bits per heavy atom. The number of nitro groups is 2. The van der Waals surface area contributed by atoms with Crippen LogP contribution in [0, 0.1) is 26.0 Å². The molecule has 0 saturated carbocycles. The number of thioether (sulfide) groups is 1. The number of hydrazine groups is 1. The quantitative estimate of drug-likeness (QED) is 0.335. The molecule has 0 radical (unpaired) electrons. The highest BCUT2D eigenvalue weighted by Crippen LogP contribution is 2.35. The van der Waals surface area contributed by atoms with E-state index >= 15 is 0 Å². The van der Waals surface area contributed by atoms with Crippen molar-refractivity contribution >= 4 is 57.3 Å². The molecule has 12 heteroatoms. The number of halogens is 1. The first-order valence-electron chi connectivity index (χ1n) is 7.50. The highest BCUT2D eigenvalue weighted by atomic mass is 32.2. The van der Waals surface area contributed by atoms with Crippen molar-refractivity contribution in [1.82, 2.24) is 5.01 Å². The first kappa shape index (κ1) is 19.4. The predicted molar refractivity (Wildman–Crippen MR) is 105 cm³/mol. The highest BCUT2D eigenvalue weighted by molar-refractivity contribution is 8.26. The van der Waals surface area contributed by atoms with Crippen molar-refractivity contribution in [2.24, 2.45) is 0 Å². The minimum absolute atomic E-state index is 0.0419. The summed E-state index contributed by atoms with van der Waals surface area (Å²) >= 11 is 6.00. The molecular formula is C16H9FN4O5S2. The van der Waals surface area contributed by atoms with Gasteiger partial charge in [0.05, 0.1) is 20.8 Å². The number of thiocarbonyl (C=S) groups is 1.